The first-order valence-electron chi connectivity index (χ1n) is 5.90. The molecule has 0 atom stereocenters. The van der Waals surface area contributed by atoms with Crippen molar-refractivity contribution >= 4 is 17.5 Å². The number of amides is 2. The van der Waals surface area contributed by atoms with Crippen LogP contribution < -0.4 is 10.4 Å². The molecule has 0 saturated carbocycles. The molecule has 4 heteroatoms. The van der Waals surface area contributed by atoms with Crippen molar-refractivity contribution in [3.63, 3.8) is 0 Å². The number of hydrogen-bond acceptors (Lipinski definition) is 2. The molecule has 4 nitrogen and oxygen atoms in total. The maximum absolute atomic E-state index is 12.4. The van der Waals surface area contributed by atoms with Crippen LogP contribution in [0.15, 0.2) is 60.7 Å². The first kappa shape index (κ1) is 12.8. The molecule has 0 unspecified atom stereocenters. The Hall–Kier alpha value is -2.62. The average molecular weight is 254 g/mol. The molecule has 2 aromatic rings. The van der Waals surface area contributed by atoms with Crippen LogP contribution in [0.25, 0.3) is 0 Å². The number of hydrazine groups is 1. The third kappa shape index (κ3) is 3.19. The lowest BCUT2D eigenvalue weighted by molar-refractivity contribution is -0.119. The van der Waals surface area contributed by atoms with Crippen molar-refractivity contribution in [1.82, 2.24) is 5.43 Å². The van der Waals surface area contributed by atoms with Crippen LogP contribution in [0.5, 0.6) is 0 Å². The van der Waals surface area contributed by atoms with E-state index in [-0.39, 0.29) is 11.8 Å². The smallest absolute Gasteiger partial charge is 0.274 e. The Balaban J connectivity index is 2.33. The fraction of sp³-hybridized carbons (Fsp3) is 0.0667. The molecule has 2 amide bonds. The Morgan fingerprint density at radius 1 is 0.895 bits per heavy atom. The number of benzene rings is 2. The number of carbonyl (C=O) groups is 2. The highest BCUT2D eigenvalue weighted by Gasteiger charge is 2.18. The van der Waals surface area contributed by atoms with Gasteiger partial charge in [-0.3, -0.25) is 15.0 Å². The number of nitrogens with one attached hydrogen (secondary N) is 1. The summed E-state index contributed by atoms with van der Waals surface area (Å²) in [6.45, 7) is 1.37. The highest BCUT2D eigenvalue weighted by Crippen LogP contribution is 2.14. The molecular formula is C15H14N2O2. The van der Waals surface area contributed by atoms with Gasteiger partial charge in [-0.1, -0.05) is 36.4 Å². The second-order valence-electron chi connectivity index (χ2n) is 4.01. The normalized spacial score (nSPS) is 9.74. The van der Waals surface area contributed by atoms with Crippen molar-refractivity contribution in [2.24, 2.45) is 0 Å². The van der Waals surface area contributed by atoms with E-state index in [9.17, 15) is 9.59 Å². The minimum Gasteiger partial charge on any atom is -0.274 e. The molecule has 0 aliphatic carbocycles. The Morgan fingerprint density at radius 3 is 1.95 bits per heavy atom. The van der Waals surface area contributed by atoms with E-state index in [1.807, 2.05) is 24.3 Å². The van der Waals surface area contributed by atoms with E-state index >= 15 is 0 Å². The van der Waals surface area contributed by atoms with Crippen LogP contribution in [0, 0.1) is 0 Å². The summed E-state index contributed by atoms with van der Waals surface area (Å²) in [5, 5.41) is 1.25. The Bertz CT molecular complexity index is 567. The van der Waals surface area contributed by atoms with Gasteiger partial charge in [0.25, 0.3) is 5.91 Å². The quantitative estimate of drug-likeness (QED) is 0.836. The number of nitrogens with zero attached hydrogens (tertiary/aromatic N) is 1. The van der Waals surface area contributed by atoms with Crippen LogP contribution in [0.3, 0.4) is 0 Å². The zero-order chi connectivity index (χ0) is 13.7. The standard InChI is InChI=1S/C15H14N2O2/c1-12(18)16-17(14-10-6-3-7-11-14)15(19)13-8-4-2-5-9-13/h2-11H,1H3,(H,16,18). The number of anilines is 1. The molecule has 96 valence electrons. The highest BCUT2D eigenvalue weighted by molar-refractivity contribution is 6.07. The second kappa shape index (κ2) is 5.82. The molecule has 0 heterocycles. The van der Waals surface area contributed by atoms with E-state index in [1.54, 1.807) is 36.4 Å². The van der Waals surface area contributed by atoms with Crippen molar-refractivity contribution in [3.05, 3.63) is 66.2 Å². The Kier molecular flexibility index (Phi) is 3.93. The van der Waals surface area contributed by atoms with Gasteiger partial charge in [0.15, 0.2) is 0 Å². The lowest BCUT2D eigenvalue weighted by Gasteiger charge is -2.22. The molecule has 1 N–H and O–H groups in total. The molecule has 0 spiro atoms. The maximum Gasteiger partial charge on any atom is 0.277 e. The molecule has 0 aliphatic heterocycles. The van der Waals surface area contributed by atoms with Crippen molar-refractivity contribution in [1.29, 1.82) is 0 Å². The molecule has 0 saturated heterocycles. The molecule has 2 rings (SSSR count). The summed E-state index contributed by atoms with van der Waals surface area (Å²) in [5.74, 6) is -0.574. The number of carbonyl (C=O) groups excluding carboxylic acids is 2. The molecular weight excluding hydrogens is 240 g/mol. The monoisotopic (exact) mass is 254 g/mol. The predicted octanol–water partition coefficient (Wildman–Crippen LogP) is 2.38. The van der Waals surface area contributed by atoms with Gasteiger partial charge in [0, 0.05) is 12.5 Å². The second-order valence-corrected chi connectivity index (χ2v) is 4.01. The van der Waals surface area contributed by atoms with E-state index in [1.165, 1.54) is 11.9 Å². The minimum absolute atomic E-state index is 0.276. The topological polar surface area (TPSA) is 49.4 Å². The molecule has 0 aromatic heterocycles. The Morgan fingerprint density at radius 2 is 1.42 bits per heavy atom. The summed E-state index contributed by atoms with van der Waals surface area (Å²) in [6, 6.07) is 17.8. The van der Waals surface area contributed by atoms with Crippen LogP contribution in [-0.2, 0) is 4.79 Å². The Labute approximate surface area is 111 Å². The molecule has 19 heavy (non-hydrogen) atoms. The van der Waals surface area contributed by atoms with E-state index in [4.69, 9.17) is 0 Å². The largest absolute Gasteiger partial charge is 0.277 e. The summed E-state index contributed by atoms with van der Waals surface area (Å²) in [6.07, 6.45) is 0. The van der Waals surface area contributed by atoms with E-state index in [0.29, 0.717) is 11.3 Å². The molecule has 0 bridgehead atoms. The molecule has 0 aliphatic rings. The molecule has 0 radical (unpaired) electrons. The van der Waals surface area contributed by atoms with Crippen molar-refractivity contribution in [2.75, 3.05) is 5.01 Å². The SMILES string of the molecule is CC(=O)NN(C(=O)c1ccccc1)c1ccccc1. The molecule has 0 fully saturated rings. The van der Waals surface area contributed by atoms with Gasteiger partial charge >= 0.3 is 0 Å². The van der Waals surface area contributed by atoms with Gasteiger partial charge in [0.05, 0.1) is 5.69 Å². The van der Waals surface area contributed by atoms with E-state index in [2.05, 4.69) is 5.43 Å². The first-order valence-corrected chi connectivity index (χ1v) is 5.90. The fourth-order valence-electron chi connectivity index (χ4n) is 1.68. The van der Waals surface area contributed by atoms with Gasteiger partial charge in [-0.25, -0.2) is 5.01 Å². The lowest BCUT2D eigenvalue weighted by atomic mass is 10.2. The first-order chi connectivity index (χ1) is 9.18. The van der Waals surface area contributed by atoms with Crippen LogP contribution in [0.4, 0.5) is 5.69 Å². The summed E-state index contributed by atoms with van der Waals surface area (Å²) < 4.78 is 0. The van der Waals surface area contributed by atoms with Crippen molar-refractivity contribution in [3.8, 4) is 0 Å². The van der Waals surface area contributed by atoms with Gasteiger partial charge in [0.2, 0.25) is 5.91 Å². The van der Waals surface area contributed by atoms with Crippen LogP contribution in [0.2, 0.25) is 0 Å². The third-order valence-corrected chi connectivity index (χ3v) is 2.51. The lowest BCUT2D eigenvalue weighted by Crippen LogP contribution is -2.45. The summed E-state index contributed by atoms with van der Waals surface area (Å²) in [4.78, 5) is 23.7. The van der Waals surface area contributed by atoms with Gasteiger partial charge in [-0.15, -0.1) is 0 Å². The van der Waals surface area contributed by atoms with Gasteiger partial charge in [-0.2, -0.15) is 0 Å². The van der Waals surface area contributed by atoms with Gasteiger partial charge < -0.3 is 0 Å². The maximum atomic E-state index is 12.4. The number of hydrogen-bond donors (Lipinski definition) is 1. The van der Waals surface area contributed by atoms with Gasteiger partial charge in [0.1, 0.15) is 0 Å². The number of para-hydroxylation sites is 1. The average Bonchev–Trinajstić information content (AvgIpc) is 2.46. The van der Waals surface area contributed by atoms with Crippen molar-refractivity contribution < 1.29 is 9.59 Å². The summed E-state index contributed by atoms with van der Waals surface area (Å²) in [5.41, 5.74) is 3.67. The van der Waals surface area contributed by atoms with E-state index < -0.39 is 0 Å². The van der Waals surface area contributed by atoms with Gasteiger partial charge in [-0.05, 0) is 24.3 Å². The van der Waals surface area contributed by atoms with Crippen LogP contribution in [-0.4, -0.2) is 11.8 Å². The number of rotatable bonds is 2. The zero-order valence-corrected chi connectivity index (χ0v) is 10.5. The summed E-state index contributed by atoms with van der Waals surface area (Å²) in [7, 11) is 0. The molecule has 2 aromatic carbocycles. The summed E-state index contributed by atoms with van der Waals surface area (Å²) >= 11 is 0. The van der Waals surface area contributed by atoms with Crippen LogP contribution in [0.1, 0.15) is 17.3 Å². The fourth-order valence-corrected chi connectivity index (χ4v) is 1.68. The highest BCUT2D eigenvalue weighted by atomic mass is 16.2. The van der Waals surface area contributed by atoms with E-state index in [0.717, 1.165) is 0 Å². The van der Waals surface area contributed by atoms with Crippen molar-refractivity contribution in [2.45, 2.75) is 6.92 Å². The van der Waals surface area contributed by atoms with Crippen LogP contribution >= 0.6 is 0 Å². The zero-order valence-electron chi connectivity index (χ0n) is 10.5. The predicted molar refractivity (Wildman–Crippen MR) is 73.5 cm³/mol. The minimum atomic E-state index is -0.298. The third-order valence-electron chi connectivity index (χ3n) is 2.51.